The highest BCUT2D eigenvalue weighted by Gasteiger charge is 2.39. The number of hydrogen-bond acceptors (Lipinski definition) is 2. The van der Waals surface area contributed by atoms with Crippen molar-refractivity contribution in [1.29, 1.82) is 0 Å². The predicted octanol–water partition coefficient (Wildman–Crippen LogP) is 4.59. The van der Waals surface area contributed by atoms with Crippen molar-refractivity contribution in [2.45, 2.75) is 70.4 Å². The fraction of sp³-hybridized carbons (Fsp3) is 0.684. The van der Waals surface area contributed by atoms with Crippen LogP contribution in [0.15, 0.2) is 24.3 Å². The number of rotatable bonds is 6. The minimum absolute atomic E-state index is 0.107. The van der Waals surface area contributed by atoms with E-state index >= 15 is 0 Å². The molecule has 1 aromatic rings. The molecular formula is C19H31NO. The van der Waals surface area contributed by atoms with Crippen molar-refractivity contribution in [2.24, 2.45) is 0 Å². The van der Waals surface area contributed by atoms with Gasteiger partial charge in [0.05, 0.1) is 5.60 Å². The smallest absolute Gasteiger partial charge is 0.0697 e. The molecule has 0 bridgehead atoms. The third-order valence-corrected chi connectivity index (χ3v) is 4.90. The molecule has 0 amide bonds. The lowest BCUT2D eigenvalue weighted by atomic mass is 9.74. The summed E-state index contributed by atoms with van der Waals surface area (Å²) < 4.78 is 5.81. The first kappa shape index (κ1) is 16.5. The Kier molecular flexibility index (Phi) is 5.11. The zero-order chi connectivity index (χ0) is 15.5. The van der Waals surface area contributed by atoms with Crippen LogP contribution in [0.3, 0.4) is 0 Å². The lowest BCUT2D eigenvalue weighted by molar-refractivity contribution is -0.0837. The summed E-state index contributed by atoms with van der Waals surface area (Å²) in [6.45, 7) is 9.95. The fourth-order valence-electron chi connectivity index (χ4n) is 3.20. The molecule has 1 aromatic carbocycles. The zero-order valence-electron chi connectivity index (χ0n) is 14.3. The van der Waals surface area contributed by atoms with Crippen molar-refractivity contribution in [1.82, 2.24) is 5.32 Å². The summed E-state index contributed by atoms with van der Waals surface area (Å²) in [7, 11) is 1.87. The van der Waals surface area contributed by atoms with E-state index in [1.54, 1.807) is 0 Å². The van der Waals surface area contributed by atoms with Crippen LogP contribution in [0.25, 0.3) is 0 Å². The maximum absolute atomic E-state index is 5.81. The Hall–Kier alpha value is -0.860. The molecule has 2 heteroatoms. The van der Waals surface area contributed by atoms with Gasteiger partial charge in [-0.1, -0.05) is 52.0 Å². The molecule has 0 aromatic heterocycles. The van der Waals surface area contributed by atoms with Gasteiger partial charge in [0.15, 0.2) is 0 Å². The molecule has 0 heterocycles. The lowest BCUT2D eigenvalue weighted by Crippen LogP contribution is -2.42. The third kappa shape index (κ3) is 3.87. The van der Waals surface area contributed by atoms with E-state index in [0.717, 1.165) is 13.0 Å². The summed E-state index contributed by atoms with van der Waals surface area (Å²) in [6, 6.07) is 9.52. The summed E-state index contributed by atoms with van der Waals surface area (Å²) in [6.07, 6.45) is 4.78. The predicted molar refractivity (Wildman–Crippen MR) is 89.8 cm³/mol. The van der Waals surface area contributed by atoms with E-state index in [4.69, 9.17) is 4.74 Å². The summed E-state index contributed by atoms with van der Waals surface area (Å²) in [5.41, 5.74) is 3.10. The van der Waals surface area contributed by atoms with E-state index < -0.39 is 0 Å². The lowest BCUT2D eigenvalue weighted by Gasteiger charge is -2.43. The Labute approximate surface area is 130 Å². The quantitative estimate of drug-likeness (QED) is 0.826. The fourth-order valence-corrected chi connectivity index (χ4v) is 3.20. The molecule has 0 spiro atoms. The van der Waals surface area contributed by atoms with E-state index in [-0.39, 0.29) is 11.0 Å². The van der Waals surface area contributed by atoms with Gasteiger partial charge < -0.3 is 10.1 Å². The number of ether oxygens (including phenoxy) is 1. The van der Waals surface area contributed by atoms with Crippen LogP contribution in [0, 0.1) is 0 Å². The molecule has 0 aliphatic heterocycles. The van der Waals surface area contributed by atoms with Gasteiger partial charge in [0, 0.05) is 13.2 Å². The molecule has 1 fully saturated rings. The molecule has 2 rings (SSSR count). The van der Waals surface area contributed by atoms with Crippen molar-refractivity contribution >= 4 is 0 Å². The van der Waals surface area contributed by atoms with Crippen LogP contribution >= 0.6 is 0 Å². The van der Waals surface area contributed by atoms with Gasteiger partial charge in [-0.15, -0.1) is 0 Å². The second-order valence-corrected chi connectivity index (χ2v) is 7.43. The topological polar surface area (TPSA) is 21.3 Å². The van der Waals surface area contributed by atoms with Crippen LogP contribution in [-0.4, -0.2) is 19.3 Å². The van der Waals surface area contributed by atoms with Gasteiger partial charge in [-0.05, 0) is 48.8 Å². The van der Waals surface area contributed by atoms with E-state index in [1.165, 1.54) is 30.4 Å². The van der Waals surface area contributed by atoms with Gasteiger partial charge in [-0.3, -0.25) is 0 Å². The van der Waals surface area contributed by atoms with E-state index in [9.17, 15) is 0 Å². The number of hydrogen-bond donors (Lipinski definition) is 1. The average molecular weight is 289 g/mol. The number of nitrogens with one attached hydrogen (secondary N) is 1. The molecular weight excluding hydrogens is 258 g/mol. The van der Waals surface area contributed by atoms with Crippen LogP contribution in [-0.2, 0) is 10.2 Å². The Morgan fingerprint density at radius 1 is 1.19 bits per heavy atom. The van der Waals surface area contributed by atoms with Crippen LogP contribution in [0.5, 0.6) is 0 Å². The Morgan fingerprint density at radius 2 is 1.81 bits per heavy atom. The van der Waals surface area contributed by atoms with Crippen LogP contribution in [0.4, 0.5) is 0 Å². The monoisotopic (exact) mass is 289 g/mol. The molecule has 21 heavy (non-hydrogen) atoms. The maximum atomic E-state index is 5.81. The van der Waals surface area contributed by atoms with Crippen LogP contribution in [0.1, 0.15) is 70.5 Å². The van der Waals surface area contributed by atoms with Gasteiger partial charge in [0.1, 0.15) is 0 Å². The Morgan fingerprint density at radius 3 is 2.19 bits per heavy atom. The number of benzene rings is 1. The van der Waals surface area contributed by atoms with Crippen LogP contribution in [0.2, 0.25) is 0 Å². The largest absolute Gasteiger partial charge is 0.378 e. The molecule has 1 atom stereocenters. The Balaban J connectivity index is 2.14. The van der Waals surface area contributed by atoms with Crippen LogP contribution < -0.4 is 5.32 Å². The highest BCUT2D eigenvalue weighted by molar-refractivity contribution is 5.29. The average Bonchev–Trinajstić information content (AvgIpc) is 2.41. The maximum Gasteiger partial charge on any atom is 0.0697 e. The van der Waals surface area contributed by atoms with Gasteiger partial charge >= 0.3 is 0 Å². The normalized spacial score (nSPS) is 19.1. The first-order valence-electron chi connectivity index (χ1n) is 8.29. The molecule has 0 saturated heterocycles. The molecule has 1 aliphatic carbocycles. The van der Waals surface area contributed by atoms with Crippen molar-refractivity contribution < 1.29 is 4.74 Å². The minimum Gasteiger partial charge on any atom is -0.378 e. The zero-order valence-corrected chi connectivity index (χ0v) is 14.3. The van der Waals surface area contributed by atoms with Crippen molar-refractivity contribution in [3.05, 3.63) is 35.4 Å². The van der Waals surface area contributed by atoms with Gasteiger partial charge in [-0.25, -0.2) is 0 Å². The van der Waals surface area contributed by atoms with Gasteiger partial charge in [0.25, 0.3) is 0 Å². The molecule has 1 saturated carbocycles. The molecule has 1 unspecified atom stereocenters. The summed E-state index contributed by atoms with van der Waals surface area (Å²) >= 11 is 0. The molecule has 118 valence electrons. The van der Waals surface area contributed by atoms with E-state index in [2.05, 4.69) is 57.3 Å². The minimum atomic E-state index is 0.107. The number of methoxy groups -OCH3 is 1. The second-order valence-electron chi connectivity index (χ2n) is 7.43. The van der Waals surface area contributed by atoms with Crippen molar-refractivity contribution in [3.63, 3.8) is 0 Å². The molecule has 1 N–H and O–H groups in total. The summed E-state index contributed by atoms with van der Waals surface area (Å²) in [4.78, 5) is 0. The van der Waals surface area contributed by atoms with Crippen molar-refractivity contribution in [3.8, 4) is 0 Å². The summed E-state index contributed by atoms with van der Waals surface area (Å²) in [5.74, 6) is 0. The van der Waals surface area contributed by atoms with Gasteiger partial charge in [0.2, 0.25) is 0 Å². The SMILES string of the molecule is CCNC(CC1(OC)CCC1)c1ccc(C(C)(C)C)cc1. The first-order chi connectivity index (χ1) is 9.90. The van der Waals surface area contributed by atoms with E-state index in [0.29, 0.717) is 6.04 Å². The highest BCUT2D eigenvalue weighted by atomic mass is 16.5. The molecule has 0 radical (unpaired) electrons. The second kappa shape index (κ2) is 6.50. The molecule has 2 nitrogen and oxygen atoms in total. The third-order valence-electron chi connectivity index (χ3n) is 4.90. The van der Waals surface area contributed by atoms with Crippen molar-refractivity contribution in [2.75, 3.05) is 13.7 Å². The molecule has 1 aliphatic rings. The highest BCUT2D eigenvalue weighted by Crippen LogP contribution is 2.42. The van der Waals surface area contributed by atoms with Gasteiger partial charge in [-0.2, -0.15) is 0 Å². The standard InChI is InChI=1S/C19H31NO/c1-6-20-17(14-19(21-5)12-7-13-19)15-8-10-16(11-9-15)18(2,3)4/h8-11,17,20H,6-7,12-14H2,1-5H3. The summed E-state index contributed by atoms with van der Waals surface area (Å²) in [5, 5.41) is 3.64. The Bertz CT molecular complexity index is 434. The van der Waals surface area contributed by atoms with E-state index in [1.807, 2.05) is 7.11 Å². The first-order valence-corrected chi connectivity index (χ1v) is 8.29.